The van der Waals surface area contributed by atoms with E-state index >= 15 is 0 Å². The van der Waals surface area contributed by atoms with Gasteiger partial charge in [0, 0.05) is 13.2 Å². The van der Waals surface area contributed by atoms with Gasteiger partial charge in [-0.15, -0.1) is 0 Å². The highest BCUT2D eigenvalue weighted by Gasteiger charge is 2.33. The van der Waals surface area contributed by atoms with Crippen LogP contribution in [0.15, 0.2) is 12.5 Å². The zero-order chi connectivity index (χ0) is 10.1. The summed E-state index contributed by atoms with van der Waals surface area (Å²) in [5, 5.41) is 0. The van der Waals surface area contributed by atoms with E-state index in [1.54, 1.807) is 0 Å². The lowest BCUT2D eigenvalue weighted by atomic mass is 9.98. The lowest BCUT2D eigenvalue weighted by Crippen LogP contribution is -2.25. The Morgan fingerprint density at radius 3 is 2.93 bits per heavy atom. The van der Waals surface area contributed by atoms with Gasteiger partial charge in [-0.25, -0.2) is 4.98 Å². The minimum absolute atomic E-state index is 0.418. The van der Waals surface area contributed by atoms with Crippen LogP contribution in [0.5, 0.6) is 0 Å². The first-order valence-electron chi connectivity index (χ1n) is 5.10. The van der Waals surface area contributed by atoms with Crippen LogP contribution < -0.4 is 5.73 Å². The predicted molar refractivity (Wildman–Crippen MR) is 55.7 cm³/mol. The van der Waals surface area contributed by atoms with Crippen LogP contribution in [-0.2, 0) is 7.05 Å². The minimum Gasteiger partial charge on any atom is -0.340 e. The molecule has 2 heterocycles. The van der Waals surface area contributed by atoms with Crippen LogP contribution in [0.3, 0.4) is 0 Å². The second kappa shape index (κ2) is 3.71. The summed E-state index contributed by atoms with van der Waals surface area (Å²) >= 11 is 0. The Hall–Kier alpha value is -0.870. The van der Waals surface area contributed by atoms with Gasteiger partial charge in [-0.05, 0) is 32.5 Å². The maximum Gasteiger partial charge on any atom is 0.0947 e. The van der Waals surface area contributed by atoms with Gasteiger partial charge >= 0.3 is 0 Å². The fourth-order valence-electron chi connectivity index (χ4n) is 2.33. The molecule has 0 aromatic carbocycles. The summed E-state index contributed by atoms with van der Waals surface area (Å²) in [6.07, 6.45) is 5.14. The SMILES string of the molecule is CN1CCC(CN)C1c1cn(C)cn1. The lowest BCUT2D eigenvalue weighted by molar-refractivity contribution is 0.274. The molecule has 4 nitrogen and oxygen atoms in total. The largest absolute Gasteiger partial charge is 0.340 e. The molecular formula is C10H18N4. The van der Waals surface area contributed by atoms with Gasteiger partial charge in [-0.1, -0.05) is 0 Å². The molecule has 1 saturated heterocycles. The first kappa shape index (κ1) is 9.68. The molecule has 0 spiro atoms. The molecular weight excluding hydrogens is 176 g/mol. The Balaban J connectivity index is 2.22. The Bertz CT molecular complexity index is 307. The maximum atomic E-state index is 5.77. The lowest BCUT2D eigenvalue weighted by Gasteiger charge is -2.22. The molecule has 1 aliphatic heterocycles. The molecule has 1 aromatic rings. The number of aromatic nitrogens is 2. The van der Waals surface area contributed by atoms with Crippen LogP contribution >= 0.6 is 0 Å². The number of hydrogen-bond donors (Lipinski definition) is 1. The molecule has 0 radical (unpaired) electrons. The van der Waals surface area contributed by atoms with Gasteiger partial charge in [-0.2, -0.15) is 0 Å². The normalized spacial score (nSPS) is 28.5. The topological polar surface area (TPSA) is 47.1 Å². The van der Waals surface area contributed by atoms with Crippen molar-refractivity contribution in [1.29, 1.82) is 0 Å². The van der Waals surface area contributed by atoms with Crippen molar-refractivity contribution in [2.45, 2.75) is 12.5 Å². The van der Waals surface area contributed by atoms with E-state index < -0.39 is 0 Å². The third-order valence-corrected chi connectivity index (χ3v) is 3.10. The molecule has 4 heteroatoms. The second-order valence-corrected chi connectivity index (χ2v) is 4.17. The highest BCUT2D eigenvalue weighted by atomic mass is 15.2. The van der Waals surface area contributed by atoms with Crippen molar-refractivity contribution in [2.75, 3.05) is 20.1 Å². The van der Waals surface area contributed by atoms with E-state index in [-0.39, 0.29) is 0 Å². The van der Waals surface area contributed by atoms with E-state index in [0.717, 1.165) is 18.8 Å². The van der Waals surface area contributed by atoms with Crippen LogP contribution in [0.2, 0.25) is 0 Å². The van der Waals surface area contributed by atoms with Gasteiger partial charge in [0.05, 0.1) is 18.1 Å². The van der Waals surface area contributed by atoms with Crippen LogP contribution in [0, 0.1) is 5.92 Å². The maximum absolute atomic E-state index is 5.77. The van der Waals surface area contributed by atoms with Crippen molar-refractivity contribution < 1.29 is 0 Å². The number of likely N-dealkylation sites (tertiary alicyclic amines) is 1. The van der Waals surface area contributed by atoms with Crippen molar-refractivity contribution in [3.63, 3.8) is 0 Å². The first-order valence-corrected chi connectivity index (χ1v) is 5.10. The summed E-state index contributed by atoms with van der Waals surface area (Å²) in [4.78, 5) is 6.76. The molecule has 1 aliphatic rings. The molecule has 78 valence electrons. The molecule has 2 unspecified atom stereocenters. The summed E-state index contributed by atoms with van der Waals surface area (Å²) in [7, 11) is 4.15. The van der Waals surface area contributed by atoms with Crippen molar-refractivity contribution in [2.24, 2.45) is 18.7 Å². The summed E-state index contributed by atoms with van der Waals surface area (Å²) < 4.78 is 2.00. The third-order valence-electron chi connectivity index (χ3n) is 3.10. The fraction of sp³-hybridized carbons (Fsp3) is 0.700. The monoisotopic (exact) mass is 194 g/mol. The summed E-state index contributed by atoms with van der Waals surface area (Å²) in [6.45, 7) is 1.88. The highest BCUT2D eigenvalue weighted by Crippen LogP contribution is 2.34. The van der Waals surface area contributed by atoms with Gasteiger partial charge in [0.2, 0.25) is 0 Å². The standard InChI is InChI=1S/C10H18N4/c1-13-6-9(12-7-13)10-8(5-11)3-4-14(10)2/h6-8,10H,3-5,11H2,1-2H3. The van der Waals surface area contributed by atoms with Crippen molar-refractivity contribution in [3.05, 3.63) is 18.2 Å². The molecule has 0 aliphatic carbocycles. The molecule has 0 bridgehead atoms. The molecule has 14 heavy (non-hydrogen) atoms. The van der Waals surface area contributed by atoms with Gasteiger partial charge < -0.3 is 10.3 Å². The number of aryl methyl sites for hydroxylation is 1. The van der Waals surface area contributed by atoms with Gasteiger partial charge in [0.25, 0.3) is 0 Å². The van der Waals surface area contributed by atoms with Crippen LogP contribution in [0.1, 0.15) is 18.2 Å². The number of rotatable bonds is 2. The second-order valence-electron chi connectivity index (χ2n) is 4.17. The smallest absolute Gasteiger partial charge is 0.0947 e. The first-order chi connectivity index (χ1) is 6.72. The Kier molecular flexibility index (Phi) is 2.56. The Morgan fingerprint density at radius 2 is 2.36 bits per heavy atom. The zero-order valence-electron chi connectivity index (χ0n) is 8.85. The van der Waals surface area contributed by atoms with E-state index in [0.29, 0.717) is 12.0 Å². The van der Waals surface area contributed by atoms with Gasteiger partial charge in [0.1, 0.15) is 0 Å². The Morgan fingerprint density at radius 1 is 1.57 bits per heavy atom. The molecule has 1 fully saturated rings. The van der Waals surface area contributed by atoms with Crippen molar-refractivity contribution in [3.8, 4) is 0 Å². The average molecular weight is 194 g/mol. The minimum atomic E-state index is 0.418. The van der Waals surface area contributed by atoms with E-state index in [1.165, 1.54) is 6.42 Å². The van der Waals surface area contributed by atoms with E-state index in [2.05, 4.69) is 23.1 Å². The summed E-state index contributed by atoms with van der Waals surface area (Å²) in [5.41, 5.74) is 6.92. The van der Waals surface area contributed by atoms with Crippen LogP contribution in [0.25, 0.3) is 0 Å². The summed E-state index contributed by atoms with van der Waals surface area (Å²) in [5.74, 6) is 0.565. The third kappa shape index (κ3) is 1.55. The van der Waals surface area contributed by atoms with E-state index in [9.17, 15) is 0 Å². The van der Waals surface area contributed by atoms with Crippen LogP contribution in [-0.4, -0.2) is 34.6 Å². The number of imidazole rings is 1. The highest BCUT2D eigenvalue weighted by molar-refractivity contribution is 5.08. The van der Waals surface area contributed by atoms with Crippen molar-refractivity contribution >= 4 is 0 Å². The zero-order valence-corrected chi connectivity index (χ0v) is 8.85. The quantitative estimate of drug-likeness (QED) is 0.740. The molecule has 0 amide bonds. The Labute approximate surface area is 84.7 Å². The predicted octanol–water partition coefficient (Wildman–Crippen LogP) is 0.372. The van der Waals surface area contributed by atoms with Crippen molar-refractivity contribution in [1.82, 2.24) is 14.5 Å². The van der Waals surface area contributed by atoms with Crippen LogP contribution in [0.4, 0.5) is 0 Å². The molecule has 1 aromatic heterocycles. The van der Waals surface area contributed by atoms with Gasteiger partial charge in [-0.3, -0.25) is 4.90 Å². The summed E-state index contributed by atoms with van der Waals surface area (Å²) in [6, 6.07) is 0.418. The van der Waals surface area contributed by atoms with Gasteiger partial charge in [0.15, 0.2) is 0 Å². The number of nitrogens with two attached hydrogens (primary N) is 1. The molecule has 2 N–H and O–H groups in total. The fourth-order valence-corrected chi connectivity index (χ4v) is 2.33. The number of hydrogen-bond acceptors (Lipinski definition) is 3. The molecule has 2 rings (SSSR count). The average Bonchev–Trinajstić information content (AvgIpc) is 2.71. The number of nitrogens with zero attached hydrogens (tertiary/aromatic N) is 3. The molecule has 2 atom stereocenters. The van der Waals surface area contributed by atoms with E-state index in [1.807, 2.05) is 17.9 Å². The molecule has 0 saturated carbocycles. The van der Waals surface area contributed by atoms with E-state index in [4.69, 9.17) is 5.73 Å².